The lowest BCUT2D eigenvalue weighted by Crippen LogP contribution is -2.50. The van der Waals surface area contributed by atoms with Gasteiger partial charge in [-0.05, 0) is 89.1 Å². The molecule has 0 aliphatic carbocycles. The first kappa shape index (κ1) is 79.4. The number of hydrogen-bond acceptors (Lipinski definition) is 22. The molecule has 6 N–H and O–H groups in total. The zero-order valence-corrected chi connectivity index (χ0v) is 57.1. The molecule has 4 unspecified atom stereocenters. The number of carbonyl (C=O) groups excluding carboxylic acids is 8. The summed E-state index contributed by atoms with van der Waals surface area (Å²) in [6.07, 6.45) is 0.892. The maximum Gasteiger partial charge on any atom is 0.408 e. The molecule has 2 aromatic carbocycles. The largest absolute Gasteiger partial charge is 0.469 e. The van der Waals surface area contributed by atoms with Gasteiger partial charge in [0.15, 0.2) is 0 Å². The van der Waals surface area contributed by atoms with E-state index >= 15 is 0 Å². The Hall–Kier alpha value is -7.00. The Labute approximate surface area is 565 Å². The van der Waals surface area contributed by atoms with Crippen molar-refractivity contribution in [3.8, 4) is 0 Å². The Morgan fingerprint density at radius 2 is 0.777 bits per heavy atom. The first-order valence-electron chi connectivity index (χ1n) is 30.1. The molecule has 0 fully saturated rings. The third-order valence-corrected chi connectivity index (χ3v) is 13.4. The van der Waals surface area contributed by atoms with Crippen molar-refractivity contribution in [2.24, 2.45) is 0 Å². The number of methoxy groups -OCH3 is 2. The number of hydrogen-bond donors (Lipinski definition) is 6. The number of benzene rings is 2. The van der Waals surface area contributed by atoms with Crippen molar-refractivity contribution in [2.45, 2.75) is 129 Å². The Morgan fingerprint density at radius 3 is 1.10 bits per heavy atom. The average molecular weight is 1410 g/mol. The van der Waals surface area contributed by atoms with Gasteiger partial charge in [0.25, 0.3) is 0 Å². The second-order valence-electron chi connectivity index (χ2n) is 22.7. The summed E-state index contributed by atoms with van der Waals surface area (Å²) in [5.41, 5.74) is -0.0630. The monoisotopic (exact) mass is 1400 g/mol. The molecular weight excluding hydrogens is 1320 g/mol. The van der Waals surface area contributed by atoms with Gasteiger partial charge >= 0.3 is 24.1 Å². The van der Waals surface area contributed by atoms with Gasteiger partial charge in [-0.3, -0.25) is 28.8 Å². The summed E-state index contributed by atoms with van der Waals surface area (Å²) >= 11 is 24.9. The summed E-state index contributed by atoms with van der Waals surface area (Å²) in [7, 11) is 2.44. The Kier molecular flexibility index (Phi) is 35.9. The van der Waals surface area contributed by atoms with Gasteiger partial charge < -0.3 is 79.3 Å². The first-order valence-corrected chi connectivity index (χ1v) is 31.6. The lowest BCUT2D eigenvalue weighted by molar-refractivity contribution is -0.142. The number of nitrogens with zero attached hydrogens (tertiary/aromatic N) is 6. The van der Waals surface area contributed by atoms with Crippen molar-refractivity contribution < 1.29 is 85.7 Å². The van der Waals surface area contributed by atoms with Crippen LogP contribution in [0.15, 0.2) is 48.8 Å². The fourth-order valence-electron chi connectivity index (χ4n) is 8.25. The molecule has 34 heteroatoms. The predicted molar refractivity (Wildman–Crippen MR) is 342 cm³/mol. The van der Waals surface area contributed by atoms with Crippen LogP contribution in [0.2, 0.25) is 20.1 Å². The molecule has 0 aliphatic heterocycles. The summed E-state index contributed by atoms with van der Waals surface area (Å²) in [6.45, 7) is 14.6. The van der Waals surface area contributed by atoms with Gasteiger partial charge in [0, 0.05) is 71.3 Å². The van der Waals surface area contributed by atoms with E-state index in [9.17, 15) is 38.4 Å². The third-order valence-electron chi connectivity index (χ3n) is 12.6. The number of alkyl carbamates (subject to hydrolysis) is 2. The Balaban J connectivity index is 0.992. The van der Waals surface area contributed by atoms with E-state index in [1.807, 2.05) is 0 Å². The zero-order valence-electron chi connectivity index (χ0n) is 54.0. The lowest BCUT2D eigenvalue weighted by atomic mass is 10.0. The normalized spacial score (nSPS) is 12.8. The molecule has 4 rings (SSSR count). The number of rotatable bonds is 43. The first-order chi connectivity index (χ1) is 44.7. The van der Waals surface area contributed by atoms with Crippen LogP contribution in [0.3, 0.4) is 0 Å². The summed E-state index contributed by atoms with van der Waals surface area (Å²) < 4.78 is 57.0. The molecule has 94 heavy (non-hydrogen) atoms. The van der Waals surface area contributed by atoms with Crippen LogP contribution in [0.5, 0.6) is 0 Å². The van der Waals surface area contributed by atoms with Gasteiger partial charge in [-0.1, -0.05) is 56.8 Å². The minimum atomic E-state index is -1.19. The van der Waals surface area contributed by atoms with E-state index in [-0.39, 0.29) is 116 Å². The fraction of sp³-hybridized carbons (Fsp3) is 0.600. The molecule has 2 heterocycles. The van der Waals surface area contributed by atoms with Gasteiger partial charge in [-0.2, -0.15) is 0 Å². The maximum absolute atomic E-state index is 13.7. The molecule has 0 radical (unpaired) electrons. The minimum absolute atomic E-state index is 0.00169. The topological polar surface area (TPSA) is 362 Å². The highest BCUT2D eigenvalue weighted by atomic mass is 35.5. The number of carbonyl (C=O) groups is 8. The molecule has 4 aromatic rings. The lowest BCUT2D eigenvalue weighted by Gasteiger charge is -2.25. The number of halogens is 4. The van der Waals surface area contributed by atoms with Gasteiger partial charge in [0.2, 0.25) is 23.6 Å². The van der Waals surface area contributed by atoms with Crippen LogP contribution >= 0.6 is 46.4 Å². The number of nitrogens with one attached hydrogen (secondary N) is 6. The molecule has 0 bridgehead atoms. The molecule has 4 atom stereocenters. The molecule has 0 saturated heterocycles. The van der Waals surface area contributed by atoms with Crippen LogP contribution in [0.4, 0.5) is 9.59 Å². The second kappa shape index (κ2) is 42.4. The van der Waals surface area contributed by atoms with Crippen LogP contribution in [0.25, 0.3) is 0 Å². The van der Waals surface area contributed by atoms with E-state index in [0.29, 0.717) is 82.1 Å². The summed E-state index contributed by atoms with van der Waals surface area (Å²) in [5.74, 6) is -3.09. The minimum Gasteiger partial charge on any atom is -0.469 e. The van der Waals surface area contributed by atoms with Crippen LogP contribution < -0.4 is 31.9 Å². The molecule has 0 spiro atoms. The molecule has 6 amide bonds. The van der Waals surface area contributed by atoms with E-state index < -0.39 is 71.3 Å². The predicted octanol–water partition coefficient (Wildman–Crippen LogP) is 5.01. The highest BCUT2D eigenvalue weighted by Crippen LogP contribution is 2.28. The molecule has 30 nitrogen and oxygen atoms in total. The van der Waals surface area contributed by atoms with Gasteiger partial charge in [0.1, 0.15) is 23.3 Å². The highest BCUT2D eigenvalue weighted by Gasteiger charge is 2.31. The van der Waals surface area contributed by atoms with Crippen molar-refractivity contribution in [3.05, 3.63) is 91.4 Å². The van der Waals surface area contributed by atoms with Crippen molar-refractivity contribution in [1.29, 1.82) is 0 Å². The SMILES string of the molecule is COC(=O)CC(NC(=O)C(Cc1cn(CCOCCOCCOCCNC(=O)CCC(=O)NCCOCCOCCOCCn2cc(CC(NC(=O)OC(C)(C)C)C(=O)NC(CC(=O)OC)c3cc(Cl)cc(Cl)c3)nn2)nn1)NC(=O)OC(C)(C)C)c1cc(Cl)cc(Cl)c1. The number of esters is 2. The van der Waals surface area contributed by atoms with Crippen LogP contribution in [-0.4, -0.2) is 208 Å². The average Bonchev–Trinajstić information content (AvgIpc) is 1.08. The molecule has 522 valence electrons. The van der Waals surface area contributed by atoms with Crippen LogP contribution in [0, 0.1) is 0 Å². The van der Waals surface area contributed by atoms with Crippen LogP contribution in [-0.2, 0) is 102 Å². The van der Waals surface area contributed by atoms with Crippen molar-refractivity contribution in [3.63, 3.8) is 0 Å². The van der Waals surface area contributed by atoms with Crippen molar-refractivity contribution >= 4 is 94.2 Å². The standard InChI is InChI=1S/C60H86Cl4N12O18/c1-59(2,3)93-57(83)69-49(55(81)67-47(35-53(79)85-7)39-27-41(61)31-42(62)28-39)33-45-37-75(73-71-45)13-17-89-21-25-91-23-19-87-15-11-65-51(77)9-10-52(78)66-12-16-88-20-24-92-26-22-90-18-14-76-38-46(72-74-76)34-50(70-58(84)94-60(4,5)6)56(82)68-48(36-54(80)86-8)40-29-43(63)32-44(64)30-40/h27-32,37-38,47-50H,9-26,33-36H2,1-8H3,(H,65,77)(H,66,78)(H,67,81)(H,68,82)(H,69,83)(H,70,84). The third kappa shape index (κ3) is 34.4. The summed E-state index contributed by atoms with van der Waals surface area (Å²) in [4.78, 5) is 102. The summed E-state index contributed by atoms with van der Waals surface area (Å²) in [5, 5.41) is 33.9. The van der Waals surface area contributed by atoms with Gasteiger partial charge in [-0.25, -0.2) is 19.0 Å². The van der Waals surface area contributed by atoms with E-state index in [4.69, 9.17) is 93.8 Å². The fourth-order valence-corrected chi connectivity index (χ4v) is 9.34. The van der Waals surface area contributed by atoms with Gasteiger partial charge in [0.05, 0.1) is 143 Å². The van der Waals surface area contributed by atoms with Gasteiger partial charge in [-0.15, -0.1) is 10.2 Å². The zero-order chi connectivity index (χ0) is 69.1. The van der Waals surface area contributed by atoms with Crippen LogP contribution in [0.1, 0.15) is 102 Å². The van der Waals surface area contributed by atoms with E-state index in [1.54, 1.807) is 78.2 Å². The number of amides is 6. The Morgan fingerprint density at radius 1 is 0.457 bits per heavy atom. The van der Waals surface area contributed by atoms with Crippen molar-refractivity contribution in [2.75, 3.05) is 107 Å². The van der Waals surface area contributed by atoms with E-state index in [1.165, 1.54) is 35.7 Å². The smallest absolute Gasteiger partial charge is 0.408 e. The van der Waals surface area contributed by atoms with E-state index in [2.05, 4.69) is 52.5 Å². The quantitative estimate of drug-likeness (QED) is 0.0193. The summed E-state index contributed by atoms with van der Waals surface area (Å²) in [6, 6.07) is 5.05. The maximum atomic E-state index is 13.7. The number of aromatic nitrogens is 6. The van der Waals surface area contributed by atoms with Crippen molar-refractivity contribution in [1.82, 2.24) is 61.9 Å². The second-order valence-corrected chi connectivity index (χ2v) is 24.5. The number of ether oxygens (including phenoxy) is 10. The Bertz CT molecular complexity index is 2800. The molecule has 2 aromatic heterocycles. The molecular formula is C60H86Cl4N12O18. The molecule has 0 aliphatic rings. The molecule has 0 saturated carbocycles. The van der Waals surface area contributed by atoms with E-state index in [0.717, 1.165) is 0 Å². The highest BCUT2D eigenvalue weighted by molar-refractivity contribution is 6.35.